The average Bonchev–Trinajstić information content (AvgIpc) is 3.45. The van der Waals surface area contributed by atoms with Crippen LogP contribution in [0.1, 0.15) is 57.0 Å². The minimum atomic E-state index is -1.57. The van der Waals surface area contributed by atoms with Crippen molar-refractivity contribution in [3.8, 4) is 17.6 Å². The summed E-state index contributed by atoms with van der Waals surface area (Å²) in [7, 11) is 0. The molecule has 0 saturated carbocycles. The lowest BCUT2D eigenvalue weighted by Crippen LogP contribution is -2.48. The van der Waals surface area contributed by atoms with E-state index in [1.807, 2.05) is 36.1 Å². The van der Waals surface area contributed by atoms with Crippen molar-refractivity contribution >= 4 is 16.8 Å². The van der Waals surface area contributed by atoms with E-state index in [1.165, 1.54) is 26.0 Å². The lowest BCUT2D eigenvalue weighted by Gasteiger charge is -2.43. The molecule has 3 aromatic rings. The molecule has 2 aromatic carbocycles. The second-order valence-electron chi connectivity index (χ2n) is 10.9. The molecule has 2 aliphatic rings. The van der Waals surface area contributed by atoms with Gasteiger partial charge < -0.3 is 14.6 Å². The van der Waals surface area contributed by atoms with Crippen molar-refractivity contribution in [1.29, 1.82) is 0 Å². The van der Waals surface area contributed by atoms with Crippen LogP contribution in [0.2, 0.25) is 0 Å². The molecule has 5 nitrogen and oxygen atoms in total. The molecule has 0 spiro atoms. The highest BCUT2D eigenvalue weighted by atomic mass is 19.1. The standard InChI is InChI=1S/C30H32F3N3O2/c1-5-8-26(37)35-12-11-19(16-35)38-20-14-23(31)27(24(32)15-20)29-28-22(21-9-6-7-10-25(21)34-28)13-18(2)36(29)17-30(3,4)33/h6-7,9-10,14-15,18-19,29,34H,11-13,16-17H2,1-4H3/t18-,19?,29-/m1/s1. The van der Waals surface area contributed by atoms with Crippen LogP contribution < -0.4 is 4.74 Å². The van der Waals surface area contributed by atoms with Crippen LogP contribution >= 0.6 is 0 Å². The second kappa shape index (κ2) is 10.0. The molecule has 1 saturated heterocycles. The SMILES string of the molecule is CC#CC(=O)N1CCC(Oc2cc(F)c([C@@H]3c4[nH]c5ccccc5c4C[C@@H](C)N3CC(C)(C)F)c(F)c2)C1. The number of nitrogens with zero attached hydrogens (tertiary/aromatic N) is 2. The summed E-state index contributed by atoms with van der Waals surface area (Å²) in [5, 5.41) is 1.01. The van der Waals surface area contributed by atoms with Crippen molar-refractivity contribution in [2.75, 3.05) is 19.6 Å². The van der Waals surface area contributed by atoms with E-state index in [0.29, 0.717) is 31.6 Å². The summed E-state index contributed by atoms with van der Waals surface area (Å²) < 4.78 is 52.5. The van der Waals surface area contributed by atoms with Crippen LogP contribution in [0.5, 0.6) is 5.75 Å². The van der Waals surface area contributed by atoms with Crippen molar-refractivity contribution in [1.82, 2.24) is 14.8 Å². The Hall–Kier alpha value is -3.44. The quantitative estimate of drug-likeness (QED) is 0.447. The third-order valence-corrected chi connectivity index (χ3v) is 7.37. The van der Waals surface area contributed by atoms with E-state index in [0.717, 1.165) is 16.5 Å². The Morgan fingerprint density at radius 1 is 1.21 bits per heavy atom. The van der Waals surface area contributed by atoms with Gasteiger partial charge in [0, 0.05) is 59.8 Å². The molecule has 1 N–H and O–H groups in total. The Kier molecular flexibility index (Phi) is 6.91. The molecule has 1 unspecified atom stereocenters. The molecule has 3 heterocycles. The van der Waals surface area contributed by atoms with E-state index < -0.39 is 23.3 Å². The summed E-state index contributed by atoms with van der Waals surface area (Å²) in [5.41, 5.74) is 0.852. The van der Waals surface area contributed by atoms with Crippen molar-refractivity contribution in [3.05, 3.63) is 64.9 Å². The van der Waals surface area contributed by atoms with Gasteiger partial charge >= 0.3 is 0 Å². The molecule has 1 amide bonds. The average molecular weight is 524 g/mol. The number of H-pyrrole nitrogens is 1. The first-order valence-electron chi connectivity index (χ1n) is 13.0. The largest absolute Gasteiger partial charge is 0.488 e. The summed E-state index contributed by atoms with van der Waals surface area (Å²) in [5.74, 6) is 3.34. The molecule has 0 bridgehead atoms. The van der Waals surface area contributed by atoms with E-state index in [9.17, 15) is 9.18 Å². The summed E-state index contributed by atoms with van der Waals surface area (Å²) >= 11 is 0. The van der Waals surface area contributed by atoms with Crippen LogP contribution in [0.15, 0.2) is 36.4 Å². The Bertz CT molecular complexity index is 1410. The number of ether oxygens (including phenoxy) is 1. The van der Waals surface area contributed by atoms with Gasteiger partial charge in [0.05, 0.1) is 12.6 Å². The van der Waals surface area contributed by atoms with Gasteiger partial charge in [-0.3, -0.25) is 9.69 Å². The predicted molar refractivity (Wildman–Crippen MR) is 141 cm³/mol. The molecule has 3 atom stereocenters. The van der Waals surface area contributed by atoms with E-state index >= 15 is 8.78 Å². The van der Waals surface area contributed by atoms with Crippen molar-refractivity contribution in [2.45, 2.75) is 64.4 Å². The maximum Gasteiger partial charge on any atom is 0.298 e. The zero-order chi connectivity index (χ0) is 27.2. The number of halogens is 3. The molecule has 0 radical (unpaired) electrons. The Morgan fingerprint density at radius 3 is 2.61 bits per heavy atom. The fourth-order valence-electron chi connectivity index (χ4n) is 5.78. The van der Waals surface area contributed by atoms with E-state index in [1.54, 1.807) is 11.8 Å². The van der Waals surface area contributed by atoms with Gasteiger partial charge in [-0.2, -0.15) is 0 Å². The molecule has 2 aliphatic heterocycles. The lowest BCUT2D eigenvalue weighted by molar-refractivity contribution is -0.124. The highest BCUT2D eigenvalue weighted by molar-refractivity contribution is 5.93. The summed E-state index contributed by atoms with van der Waals surface area (Å²) in [6.07, 6.45) is 0.788. The van der Waals surface area contributed by atoms with E-state index in [-0.39, 0.29) is 35.9 Å². The third kappa shape index (κ3) is 5.00. The van der Waals surface area contributed by atoms with Gasteiger partial charge in [0.2, 0.25) is 0 Å². The number of aromatic amines is 1. The third-order valence-electron chi connectivity index (χ3n) is 7.37. The Morgan fingerprint density at radius 2 is 1.92 bits per heavy atom. The fraction of sp³-hybridized carbons (Fsp3) is 0.433. The molecule has 200 valence electrons. The number of alkyl halides is 1. The highest BCUT2D eigenvalue weighted by Gasteiger charge is 2.41. The topological polar surface area (TPSA) is 48.6 Å². The first kappa shape index (κ1) is 26.2. The first-order valence-corrected chi connectivity index (χ1v) is 13.0. The Labute approximate surface area is 220 Å². The molecular formula is C30H32F3N3O2. The summed E-state index contributed by atoms with van der Waals surface area (Å²) in [6, 6.07) is 9.17. The zero-order valence-electron chi connectivity index (χ0n) is 22.1. The normalized spacial score (nSPS) is 21.8. The summed E-state index contributed by atoms with van der Waals surface area (Å²) in [4.78, 5) is 18.8. The number of rotatable bonds is 5. The molecule has 8 heteroatoms. The number of nitrogens with one attached hydrogen (secondary N) is 1. The van der Waals surface area contributed by atoms with Gasteiger partial charge in [0.25, 0.3) is 5.91 Å². The number of carbonyl (C=O) groups excluding carboxylic acids is 1. The van der Waals surface area contributed by atoms with E-state index in [4.69, 9.17) is 4.74 Å². The van der Waals surface area contributed by atoms with Gasteiger partial charge in [0.15, 0.2) is 0 Å². The number of hydrogen-bond donors (Lipinski definition) is 1. The number of amides is 1. The number of hydrogen-bond acceptors (Lipinski definition) is 3. The molecule has 38 heavy (non-hydrogen) atoms. The molecule has 5 rings (SSSR count). The Balaban J connectivity index is 1.51. The monoisotopic (exact) mass is 523 g/mol. The van der Waals surface area contributed by atoms with Crippen LogP contribution in [-0.4, -0.2) is 58.1 Å². The van der Waals surface area contributed by atoms with Crippen LogP contribution in [0.25, 0.3) is 10.9 Å². The zero-order valence-corrected chi connectivity index (χ0v) is 22.1. The fourth-order valence-corrected chi connectivity index (χ4v) is 5.78. The van der Waals surface area contributed by atoms with Crippen LogP contribution in [0.3, 0.4) is 0 Å². The van der Waals surface area contributed by atoms with Crippen molar-refractivity contribution in [2.24, 2.45) is 0 Å². The van der Waals surface area contributed by atoms with Gasteiger partial charge in [-0.15, -0.1) is 0 Å². The number of benzene rings is 2. The minimum absolute atomic E-state index is 0.0113. The lowest BCUT2D eigenvalue weighted by atomic mass is 9.87. The van der Waals surface area contributed by atoms with Crippen LogP contribution in [0, 0.1) is 23.5 Å². The molecule has 0 aliphatic carbocycles. The maximum atomic E-state index is 15.8. The highest BCUT2D eigenvalue weighted by Crippen LogP contribution is 2.43. The van der Waals surface area contributed by atoms with Crippen molar-refractivity contribution < 1.29 is 22.7 Å². The van der Waals surface area contributed by atoms with Gasteiger partial charge in [-0.1, -0.05) is 24.1 Å². The summed E-state index contributed by atoms with van der Waals surface area (Å²) in [6.45, 7) is 7.29. The number of aromatic nitrogens is 1. The number of carbonyl (C=O) groups is 1. The molecular weight excluding hydrogens is 491 g/mol. The maximum absolute atomic E-state index is 15.8. The van der Waals surface area contributed by atoms with Crippen LogP contribution in [-0.2, 0) is 11.2 Å². The molecule has 1 aromatic heterocycles. The number of para-hydroxylation sites is 1. The second-order valence-corrected chi connectivity index (χ2v) is 10.9. The van der Waals surface area contributed by atoms with Gasteiger partial charge in [-0.25, -0.2) is 13.2 Å². The smallest absolute Gasteiger partial charge is 0.298 e. The van der Waals surface area contributed by atoms with Gasteiger partial charge in [0.1, 0.15) is 29.2 Å². The van der Waals surface area contributed by atoms with Gasteiger partial charge in [-0.05, 0) is 51.7 Å². The predicted octanol–water partition coefficient (Wildman–Crippen LogP) is 5.53. The number of likely N-dealkylation sites (tertiary alicyclic amines) is 1. The van der Waals surface area contributed by atoms with Crippen molar-refractivity contribution in [3.63, 3.8) is 0 Å². The van der Waals surface area contributed by atoms with E-state index in [2.05, 4.69) is 16.8 Å². The van der Waals surface area contributed by atoms with Crippen LogP contribution in [0.4, 0.5) is 13.2 Å². The minimum Gasteiger partial charge on any atom is -0.488 e. The number of fused-ring (bicyclic) bond motifs is 3. The first-order chi connectivity index (χ1) is 18.1. The molecule has 1 fully saturated rings.